The van der Waals surface area contributed by atoms with Crippen LogP contribution < -0.4 is 10.6 Å². The minimum Gasteiger partial charge on any atom is -0.480 e. The molecular formula is C13H16N2O4. The predicted octanol–water partition coefficient (Wildman–Crippen LogP) is -0.492. The quantitative estimate of drug-likeness (QED) is 0.588. The molecule has 1 heterocycles. The van der Waals surface area contributed by atoms with Gasteiger partial charge >= 0.3 is 5.97 Å². The third kappa shape index (κ3) is 3.10. The average Bonchev–Trinajstić information content (AvgIpc) is 2.43. The summed E-state index contributed by atoms with van der Waals surface area (Å²) in [5.41, 5.74) is 2.66. The van der Waals surface area contributed by atoms with Crippen LogP contribution >= 0.6 is 0 Å². The van der Waals surface area contributed by atoms with Crippen LogP contribution in [-0.4, -0.2) is 41.3 Å². The second-order valence-corrected chi connectivity index (χ2v) is 4.46. The zero-order valence-corrected chi connectivity index (χ0v) is 10.3. The summed E-state index contributed by atoms with van der Waals surface area (Å²) in [6.07, 6.45) is 0.922. The van der Waals surface area contributed by atoms with Crippen LogP contribution in [0.15, 0.2) is 18.2 Å². The minimum atomic E-state index is -1.28. The first kappa shape index (κ1) is 13.5. The van der Waals surface area contributed by atoms with E-state index in [0.717, 1.165) is 18.5 Å². The Morgan fingerprint density at radius 3 is 2.84 bits per heavy atom. The van der Waals surface area contributed by atoms with E-state index in [0.29, 0.717) is 12.1 Å². The second-order valence-electron chi connectivity index (χ2n) is 4.46. The maximum atomic E-state index is 11.9. The number of fused-ring (bicyclic) bond motifs is 1. The number of aliphatic hydroxyl groups is 1. The number of amides is 1. The van der Waals surface area contributed by atoms with Gasteiger partial charge in [0.2, 0.25) is 0 Å². The summed E-state index contributed by atoms with van der Waals surface area (Å²) in [6.45, 7) is 0.997. The number of benzene rings is 1. The van der Waals surface area contributed by atoms with Gasteiger partial charge in [0.15, 0.2) is 6.04 Å². The Hall–Kier alpha value is -1.92. The first-order chi connectivity index (χ1) is 9.11. The van der Waals surface area contributed by atoms with Crippen LogP contribution in [0.3, 0.4) is 0 Å². The van der Waals surface area contributed by atoms with Crippen molar-refractivity contribution in [1.29, 1.82) is 0 Å². The Bertz CT molecular complexity index is 501. The summed E-state index contributed by atoms with van der Waals surface area (Å²) in [6, 6.07) is 4.05. The molecule has 2 rings (SSSR count). The molecule has 19 heavy (non-hydrogen) atoms. The number of carbonyl (C=O) groups is 2. The van der Waals surface area contributed by atoms with E-state index in [2.05, 4.69) is 10.6 Å². The molecule has 0 aliphatic carbocycles. The second kappa shape index (κ2) is 5.81. The Morgan fingerprint density at radius 1 is 1.37 bits per heavy atom. The standard InChI is InChI=1S/C13H16N2O4/c16-7-11(13(18)19)15-12(17)9-2-1-8-3-4-14-6-10(8)5-9/h1-2,5,11,14,16H,3-4,6-7H2,(H,15,17)(H,18,19)/t11-/m1/s1. The van der Waals surface area contributed by atoms with Crippen molar-refractivity contribution in [1.82, 2.24) is 10.6 Å². The van der Waals surface area contributed by atoms with Gasteiger partial charge in [0.25, 0.3) is 5.91 Å². The molecule has 0 unspecified atom stereocenters. The van der Waals surface area contributed by atoms with Crippen molar-refractivity contribution in [2.24, 2.45) is 0 Å². The molecule has 0 aromatic heterocycles. The summed E-state index contributed by atoms with van der Waals surface area (Å²) in [5, 5.41) is 23.1. The van der Waals surface area contributed by atoms with Crippen molar-refractivity contribution in [3.8, 4) is 0 Å². The number of rotatable bonds is 4. The van der Waals surface area contributed by atoms with Gasteiger partial charge in [-0.2, -0.15) is 0 Å². The lowest BCUT2D eigenvalue weighted by Gasteiger charge is -2.18. The average molecular weight is 264 g/mol. The molecule has 1 aromatic rings. The summed E-state index contributed by atoms with van der Waals surface area (Å²) >= 11 is 0. The van der Waals surface area contributed by atoms with Crippen molar-refractivity contribution in [3.05, 3.63) is 34.9 Å². The fourth-order valence-corrected chi connectivity index (χ4v) is 2.05. The van der Waals surface area contributed by atoms with Crippen LogP contribution in [0.4, 0.5) is 0 Å². The molecule has 0 radical (unpaired) electrons. The normalized spacial score (nSPS) is 15.4. The third-order valence-electron chi connectivity index (χ3n) is 3.14. The number of hydrogen-bond acceptors (Lipinski definition) is 4. The van der Waals surface area contributed by atoms with Gasteiger partial charge in [0.05, 0.1) is 6.61 Å². The molecule has 1 aromatic carbocycles. The van der Waals surface area contributed by atoms with Crippen LogP contribution in [0.2, 0.25) is 0 Å². The van der Waals surface area contributed by atoms with Gasteiger partial charge in [-0.3, -0.25) is 4.79 Å². The largest absolute Gasteiger partial charge is 0.480 e. The topological polar surface area (TPSA) is 98.7 Å². The van der Waals surface area contributed by atoms with Crippen molar-refractivity contribution in [2.45, 2.75) is 19.0 Å². The number of carboxylic acids is 1. The molecule has 102 valence electrons. The summed E-state index contributed by atoms with van der Waals surface area (Å²) in [5.74, 6) is -1.75. The van der Waals surface area contributed by atoms with E-state index in [4.69, 9.17) is 10.2 Å². The van der Waals surface area contributed by atoms with Gasteiger partial charge in [-0.05, 0) is 36.2 Å². The smallest absolute Gasteiger partial charge is 0.328 e. The van der Waals surface area contributed by atoms with Gasteiger partial charge in [0, 0.05) is 12.1 Å². The number of carboxylic acid groups (broad SMARTS) is 1. The highest BCUT2D eigenvalue weighted by molar-refractivity contribution is 5.96. The monoisotopic (exact) mass is 264 g/mol. The van der Waals surface area contributed by atoms with Gasteiger partial charge in [-0.15, -0.1) is 0 Å². The molecule has 1 atom stereocenters. The molecule has 4 N–H and O–H groups in total. The number of hydrogen-bond donors (Lipinski definition) is 4. The molecular weight excluding hydrogens is 248 g/mol. The molecule has 0 bridgehead atoms. The Morgan fingerprint density at radius 2 is 2.16 bits per heavy atom. The maximum absolute atomic E-state index is 11.9. The van der Waals surface area contributed by atoms with E-state index in [1.807, 2.05) is 6.07 Å². The number of nitrogens with one attached hydrogen (secondary N) is 2. The van der Waals surface area contributed by atoms with Gasteiger partial charge < -0.3 is 20.8 Å². The van der Waals surface area contributed by atoms with E-state index >= 15 is 0 Å². The Labute approximate surface area is 110 Å². The third-order valence-corrected chi connectivity index (χ3v) is 3.14. The van der Waals surface area contributed by atoms with E-state index < -0.39 is 24.5 Å². The van der Waals surface area contributed by atoms with Gasteiger partial charge in [0.1, 0.15) is 0 Å². The molecule has 0 saturated carbocycles. The predicted molar refractivity (Wildman–Crippen MR) is 67.8 cm³/mol. The Kier molecular flexibility index (Phi) is 4.13. The van der Waals surface area contributed by atoms with Crippen molar-refractivity contribution >= 4 is 11.9 Å². The van der Waals surface area contributed by atoms with Crippen molar-refractivity contribution < 1.29 is 19.8 Å². The number of aliphatic carboxylic acids is 1. The van der Waals surface area contributed by atoms with E-state index in [9.17, 15) is 9.59 Å². The highest BCUT2D eigenvalue weighted by Crippen LogP contribution is 2.15. The zero-order valence-electron chi connectivity index (χ0n) is 10.3. The fraction of sp³-hybridized carbons (Fsp3) is 0.385. The lowest BCUT2D eigenvalue weighted by Crippen LogP contribution is -2.43. The van der Waals surface area contributed by atoms with E-state index in [-0.39, 0.29) is 0 Å². The number of aliphatic hydroxyl groups excluding tert-OH is 1. The summed E-state index contributed by atoms with van der Waals surface area (Å²) < 4.78 is 0. The van der Waals surface area contributed by atoms with Gasteiger partial charge in [-0.1, -0.05) is 6.07 Å². The lowest BCUT2D eigenvalue weighted by molar-refractivity contribution is -0.140. The number of carbonyl (C=O) groups excluding carboxylic acids is 1. The van der Waals surface area contributed by atoms with E-state index in [1.54, 1.807) is 12.1 Å². The van der Waals surface area contributed by atoms with Crippen molar-refractivity contribution in [3.63, 3.8) is 0 Å². The molecule has 0 spiro atoms. The SMILES string of the molecule is O=C(N[C@H](CO)C(=O)O)c1ccc2c(c1)CNCC2. The zero-order chi connectivity index (χ0) is 13.8. The van der Waals surface area contributed by atoms with Crippen LogP contribution in [0.5, 0.6) is 0 Å². The fourth-order valence-electron chi connectivity index (χ4n) is 2.05. The van der Waals surface area contributed by atoms with Crippen LogP contribution in [0.25, 0.3) is 0 Å². The highest BCUT2D eigenvalue weighted by Gasteiger charge is 2.20. The summed E-state index contributed by atoms with van der Waals surface area (Å²) in [4.78, 5) is 22.6. The molecule has 1 aliphatic heterocycles. The minimum absolute atomic E-state index is 0.405. The highest BCUT2D eigenvalue weighted by atomic mass is 16.4. The first-order valence-corrected chi connectivity index (χ1v) is 6.09. The lowest BCUT2D eigenvalue weighted by atomic mass is 9.98. The molecule has 6 nitrogen and oxygen atoms in total. The molecule has 0 fully saturated rings. The van der Waals surface area contributed by atoms with Crippen LogP contribution in [0, 0.1) is 0 Å². The molecule has 6 heteroatoms. The van der Waals surface area contributed by atoms with E-state index in [1.165, 1.54) is 5.56 Å². The van der Waals surface area contributed by atoms with Crippen molar-refractivity contribution in [2.75, 3.05) is 13.2 Å². The van der Waals surface area contributed by atoms with Crippen LogP contribution in [-0.2, 0) is 17.8 Å². The molecule has 0 saturated heterocycles. The van der Waals surface area contributed by atoms with Gasteiger partial charge in [-0.25, -0.2) is 4.79 Å². The molecule has 1 amide bonds. The Balaban J connectivity index is 2.13. The maximum Gasteiger partial charge on any atom is 0.328 e. The van der Waals surface area contributed by atoms with Crippen LogP contribution in [0.1, 0.15) is 21.5 Å². The molecule has 1 aliphatic rings. The first-order valence-electron chi connectivity index (χ1n) is 6.09. The summed E-state index contributed by atoms with van der Waals surface area (Å²) in [7, 11) is 0.